The van der Waals surface area contributed by atoms with Crippen LogP contribution in [0.5, 0.6) is 0 Å². The zero-order valence-electron chi connectivity index (χ0n) is 15.3. The molecule has 0 fully saturated rings. The number of aryl methyl sites for hydroxylation is 3. The van der Waals surface area contributed by atoms with Gasteiger partial charge in [0.1, 0.15) is 5.82 Å². The fourth-order valence-electron chi connectivity index (χ4n) is 3.57. The highest BCUT2D eigenvalue weighted by atomic mass is 15.3. The molecule has 1 N–H and O–H groups in total. The molecule has 0 saturated heterocycles. The zero-order valence-corrected chi connectivity index (χ0v) is 15.3. The van der Waals surface area contributed by atoms with Crippen LogP contribution in [-0.2, 0) is 6.42 Å². The summed E-state index contributed by atoms with van der Waals surface area (Å²) in [4.78, 5) is 0. The molecule has 4 rings (SSSR count). The molecule has 128 valence electrons. The van der Waals surface area contributed by atoms with Gasteiger partial charge in [0.15, 0.2) is 0 Å². The van der Waals surface area contributed by atoms with Crippen LogP contribution < -0.4 is 5.32 Å². The van der Waals surface area contributed by atoms with Gasteiger partial charge >= 0.3 is 0 Å². The minimum Gasteiger partial charge on any atom is -0.370 e. The van der Waals surface area contributed by atoms with E-state index in [-0.39, 0.29) is 0 Å². The van der Waals surface area contributed by atoms with Crippen molar-refractivity contribution in [2.45, 2.75) is 40.0 Å². The molecule has 0 bridgehead atoms. The molecule has 3 heteroatoms. The number of hydrogen-bond donors (Lipinski definition) is 1. The summed E-state index contributed by atoms with van der Waals surface area (Å²) in [6, 6.07) is 15.2. The smallest absolute Gasteiger partial charge is 0.133 e. The fourth-order valence-corrected chi connectivity index (χ4v) is 3.57. The molecular formula is C22H25N3. The third-order valence-electron chi connectivity index (χ3n) is 5.16. The van der Waals surface area contributed by atoms with E-state index in [4.69, 9.17) is 5.10 Å². The van der Waals surface area contributed by atoms with Crippen LogP contribution in [0.15, 0.2) is 42.5 Å². The summed E-state index contributed by atoms with van der Waals surface area (Å²) in [5.74, 6) is 1.16. The quantitative estimate of drug-likeness (QED) is 0.698. The predicted molar refractivity (Wildman–Crippen MR) is 105 cm³/mol. The third-order valence-corrected chi connectivity index (χ3v) is 5.16. The molecule has 25 heavy (non-hydrogen) atoms. The normalized spacial score (nSPS) is 13.9. The van der Waals surface area contributed by atoms with Crippen molar-refractivity contribution in [3.63, 3.8) is 0 Å². The molecule has 1 aliphatic rings. The number of fused-ring (bicyclic) bond motifs is 1. The molecule has 0 amide bonds. The molecule has 0 atom stereocenters. The van der Waals surface area contributed by atoms with E-state index in [0.717, 1.165) is 30.2 Å². The van der Waals surface area contributed by atoms with E-state index < -0.39 is 0 Å². The van der Waals surface area contributed by atoms with Gasteiger partial charge in [-0.2, -0.15) is 5.10 Å². The summed E-state index contributed by atoms with van der Waals surface area (Å²) in [7, 11) is 0. The first-order valence-electron chi connectivity index (χ1n) is 9.14. The molecule has 1 aliphatic heterocycles. The molecule has 0 aliphatic carbocycles. The first-order valence-corrected chi connectivity index (χ1v) is 9.14. The average Bonchev–Trinajstić information content (AvgIpc) is 2.79. The van der Waals surface area contributed by atoms with E-state index in [1.54, 1.807) is 0 Å². The standard InChI is InChI=1S/C22H25N3/c1-15-7-6-8-18(13-15)21-20-9-4-5-12-23-22(20)25(24-21)19-11-10-16(2)17(3)14-19/h6-8,10-11,13-14,23H,4-5,9,12H2,1-3H3. The molecule has 0 spiro atoms. The Kier molecular flexibility index (Phi) is 4.08. The summed E-state index contributed by atoms with van der Waals surface area (Å²) < 4.78 is 2.10. The summed E-state index contributed by atoms with van der Waals surface area (Å²) in [5, 5.41) is 8.67. The summed E-state index contributed by atoms with van der Waals surface area (Å²) in [6.45, 7) is 7.46. The monoisotopic (exact) mass is 331 g/mol. The highest BCUT2D eigenvalue weighted by Crippen LogP contribution is 2.34. The van der Waals surface area contributed by atoms with Crippen molar-refractivity contribution in [2.75, 3.05) is 11.9 Å². The van der Waals surface area contributed by atoms with Crippen molar-refractivity contribution < 1.29 is 0 Å². The van der Waals surface area contributed by atoms with Crippen molar-refractivity contribution in [1.82, 2.24) is 9.78 Å². The maximum absolute atomic E-state index is 5.04. The maximum Gasteiger partial charge on any atom is 0.133 e. The average molecular weight is 331 g/mol. The predicted octanol–water partition coefficient (Wildman–Crippen LogP) is 5.21. The molecule has 0 radical (unpaired) electrons. The van der Waals surface area contributed by atoms with Crippen LogP contribution in [0.3, 0.4) is 0 Å². The van der Waals surface area contributed by atoms with Crippen molar-refractivity contribution in [3.05, 3.63) is 64.7 Å². The Bertz CT molecular complexity index is 921. The van der Waals surface area contributed by atoms with E-state index >= 15 is 0 Å². The number of anilines is 1. The van der Waals surface area contributed by atoms with E-state index in [1.807, 2.05) is 0 Å². The van der Waals surface area contributed by atoms with Gasteiger partial charge in [0.2, 0.25) is 0 Å². The molecule has 0 saturated carbocycles. The lowest BCUT2D eigenvalue weighted by molar-refractivity contribution is 0.780. The Morgan fingerprint density at radius 2 is 1.84 bits per heavy atom. The number of rotatable bonds is 2. The molecule has 3 nitrogen and oxygen atoms in total. The molecule has 2 aromatic carbocycles. The molecule has 2 heterocycles. The highest BCUT2D eigenvalue weighted by Gasteiger charge is 2.21. The minimum absolute atomic E-state index is 1.01. The second kappa shape index (κ2) is 6.40. The van der Waals surface area contributed by atoms with E-state index in [2.05, 4.69) is 73.2 Å². The van der Waals surface area contributed by atoms with Gasteiger partial charge < -0.3 is 5.32 Å². The Morgan fingerprint density at radius 1 is 0.960 bits per heavy atom. The number of nitrogens with one attached hydrogen (secondary N) is 1. The van der Waals surface area contributed by atoms with Crippen molar-refractivity contribution >= 4 is 5.82 Å². The van der Waals surface area contributed by atoms with E-state index in [0.29, 0.717) is 0 Å². The molecular weight excluding hydrogens is 306 g/mol. The van der Waals surface area contributed by atoms with Gasteiger partial charge in [0.25, 0.3) is 0 Å². The van der Waals surface area contributed by atoms with Gasteiger partial charge in [-0.25, -0.2) is 4.68 Å². The van der Waals surface area contributed by atoms with Crippen molar-refractivity contribution in [2.24, 2.45) is 0 Å². The van der Waals surface area contributed by atoms with Crippen LogP contribution in [0.1, 0.15) is 35.1 Å². The lowest BCUT2D eigenvalue weighted by Gasteiger charge is -2.10. The number of nitrogens with zero attached hydrogens (tertiary/aromatic N) is 2. The molecule has 0 unspecified atom stereocenters. The maximum atomic E-state index is 5.04. The summed E-state index contributed by atoms with van der Waals surface area (Å²) in [6.07, 6.45) is 3.49. The van der Waals surface area contributed by atoms with Gasteiger partial charge in [0.05, 0.1) is 11.4 Å². The van der Waals surface area contributed by atoms with Gasteiger partial charge in [-0.1, -0.05) is 29.8 Å². The number of hydrogen-bond acceptors (Lipinski definition) is 2. The van der Waals surface area contributed by atoms with E-state index in [9.17, 15) is 0 Å². The Morgan fingerprint density at radius 3 is 2.64 bits per heavy atom. The highest BCUT2D eigenvalue weighted by molar-refractivity contribution is 5.71. The van der Waals surface area contributed by atoms with Gasteiger partial charge in [-0.3, -0.25) is 0 Å². The molecule has 3 aromatic rings. The summed E-state index contributed by atoms with van der Waals surface area (Å²) >= 11 is 0. The fraction of sp³-hybridized carbons (Fsp3) is 0.318. The second-order valence-corrected chi connectivity index (χ2v) is 7.11. The van der Waals surface area contributed by atoms with E-state index in [1.165, 1.54) is 40.7 Å². The largest absolute Gasteiger partial charge is 0.370 e. The van der Waals surface area contributed by atoms with Gasteiger partial charge in [0, 0.05) is 17.7 Å². The Labute approximate surface area is 149 Å². The van der Waals surface area contributed by atoms with Crippen LogP contribution in [0, 0.1) is 20.8 Å². The molecule has 1 aromatic heterocycles. The third kappa shape index (κ3) is 2.95. The number of aromatic nitrogens is 2. The Balaban J connectivity index is 1.91. The second-order valence-electron chi connectivity index (χ2n) is 7.11. The number of benzene rings is 2. The Hall–Kier alpha value is -2.55. The van der Waals surface area contributed by atoms with Crippen LogP contribution in [0.25, 0.3) is 16.9 Å². The van der Waals surface area contributed by atoms with Crippen LogP contribution in [0.2, 0.25) is 0 Å². The first-order chi connectivity index (χ1) is 12.1. The van der Waals surface area contributed by atoms with Crippen molar-refractivity contribution in [3.8, 4) is 16.9 Å². The minimum atomic E-state index is 1.01. The zero-order chi connectivity index (χ0) is 17.4. The van der Waals surface area contributed by atoms with Crippen LogP contribution in [0.4, 0.5) is 5.82 Å². The summed E-state index contributed by atoms with van der Waals surface area (Å²) in [5.41, 5.74) is 8.69. The van der Waals surface area contributed by atoms with Crippen LogP contribution in [-0.4, -0.2) is 16.3 Å². The van der Waals surface area contributed by atoms with Crippen molar-refractivity contribution in [1.29, 1.82) is 0 Å². The van der Waals surface area contributed by atoms with Gasteiger partial charge in [-0.05, 0) is 69.4 Å². The topological polar surface area (TPSA) is 29.9 Å². The SMILES string of the molecule is Cc1cccc(-c2nn(-c3ccc(C)c(C)c3)c3c2CCCCN3)c1. The van der Waals surface area contributed by atoms with Crippen LogP contribution >= 0.6 is 0 Å². The first kappa shape index (κ1) is 15.9. The lowest BCUT2D eigenvalue weighted by Crippen LogP contribution is -2.07. The van der Waals surface area contributed by atoms with Gasteiger partial charge in [-0.15, -0.1) is 0 Å². The lowest BCUT2D eigenvalue weighted by atomic mass is 10.0.